The fourth-order valence-electron chi connectivity index (χ4n) is 3.62. The van der Waals surface area contributed by atoms with Crippen LogP contribution in [0, 0.1) is 5.82 Å². The number of nitrogens with two attached hydrogens (primary N) is 1. The highest BCUT2D eigenvalue weighted by Crippen LogP contribution is 2.43. The summed E-state index contributed by atoms with van der Waals surface area (Å²) in [5.74, 6) is 1.01. The average Bonchev–Trinajstić information content (AvgIpc) is 3.36. The molecule has 5 rings (SSSR count). The summed E-state index contributed by atoms with van der Waals surface area (Å²) >= 11 is 8.00. The van der Waals surface area contributed by atoms with E-state index < -0.39 is 0 Å². The standard InChI is InChI=1S/C24H17ClFN5O2S/c1-32-21-12-17(13-3-2-4-14(26)9-13)19(25)11-18(21)23-16-6-5-15(10-20(16)28-29-24(23)27)34-31-22-7-8-33-30-22/h2-12H,1H3,(H2,27,29)(H,30,31). The molecule has 0 saturated heterocycles. The molecule has 0 aliphatic rings. The lowest BCUT2D eigenvalue weighted by molar-refractivity contribution is 0.416. The number of aromatic nitrogens is 3. The van der Waals surface area contributed by atoms with Crippen molar-refractivity contribution >= 4 is 46.1 Å². The van der Waals surface area contributed by atoms with E-state index in [0.29, 0.717) is 44.4 Å². The molecule has 170 valence electrons. The van der Waals surface area contributed by atoms with Gasteiger partial charge in [0, 0.05) is 38.1 Å². The van der Waals surface area contributed by atoms with Crippen LogP contribution in [0.2, 0.25) is 5.02 Å². The molecule has 0 unspecified atom stereocenters. The number of hydrogen-bond donors (Lipinski definition) is 2. The van der Waals surface area contributed by atoms with E-state index in [0.717, 1.165) is 10.3 Å². The van der Waals surface area contributed by atoms with Gasteiger partial charge in [-0.3, -0.25) is 0 Å². The van der Waals surface area contributed by atoms with Gasteiger partial charge >= 0.3 is 0 Å². The Hall–Kier alpha value is -3.82. The van der Waals surface area contributed by atoms with Crippen molar-refractivity contribution in [2.24, 2.45) is 0 Å². The van der Waals surface area contributed by atoms with Crippen LogP contribution in [-0.4, -0.2) is 22.5 Å². The van der Waals surface area contributed by atoms with Crippen LogP contribution in [0.25, 0.3) is 33.2 Å². The predicted octanol–water partition coefficient (Wildman–Crippen LogP) is 6.45. The summed E-state index contributed by atoms with van der Waals surface area (Å²) in [5, 5.41) is 13.4. The first kappa shape index (κ1) is 22.0. The molecule has 2 aromatic heterocycles. The van der Waals surface area contributed by atoms with Crippen LogP contribution in [0.4, 0.5) is 16.0 Å². The molecule has 0 bridgehead atoms. The second-order valence-corrected chi connectivity index (χ2v) is 8.56. The summed E-state index contributed by atoms with van der Waals surface area (Å²) in [6, 6.07) is 17.2. The van der Waals surface area contributed by atoms with Gasteiger partial charge in [-0.25, -0.2) is 4.39 Å². The van der Waals surface area contributed by atoms with E-state index in [1.807, 2.05) is 18.2 Å². The zero-order valence-electron chi connectivity index (χ0n) is 17.8. The number of ether oxygens (including phenoxy) is 1. The first-order chi connectivity index (χ1) is 16.5. The minimum absolute atomic E-state index is 0.237. The number of fused-ring (bicyclic) bond motifs is 1. The molecule has 34 heavy (non-hydrogen) atoms. The van der Waals surface area contributed by atoms with Gasteiger partial charge in [0.15, 0.2) is 11.6 Å². The van der Waals surface area contributed by atoms with E-state index >= 15 is 0 Å². The molecule has 2 heterocycles. The second-order valence-electron chi connectivity index (χ2n) is 7.27. The molecular weight excluding hydrogens is 477 g/mol. The average molecular weight is 494 g/mol. The lowest BCUT2D eigenvalue weighted by Gasteiger charge is -2.16. The number of benzene rings is 3. The molecule has 7 nitrogen and oxygen atoms in total. The first-order valence-electron chi connectivity index (χ1n) is 10.1. The summed E-state index contributed by atoms with van der Waals surface area (Å²) in [5.41, 5.74) is 9.50. The maximum absolute atomic E-state index is 13.8. The fraction of sp³-hybridized carbons (Fsp3) is 0.0417. The van der Waals surface area contributed by atoms with Gasteiger partial charge in [0.1, 0.15) is 17.8 Å². The van der Waals surface area contributed by atoms with E-state index in [9.17, 15) is 4.39 Å². The van der Waals surface area contributed by atoms with Gasteiger partial charge in [0.25, 0.3) is 0 Å². The minimum Gasteiger partial charge on any atom is -0.496 e. The third-order valence-corrected chi connectivity index (χ3v) is 6.28. The third-order valence-electron chi connectivity index (χ3n) is 5.17. The fourth-order valence-corrected chi connectivity index (χ4v) is 4.53. The van der Waals surface area contributed by atoms with Crippen molar-refractivity contribution in [1.82, 2.24) is 15.4 Å². The topological polar surface area (TPSA) is 99.1 Å². The number of hydrogen-bond acceptors (Lipinski definition) is 8. The Balaban J connectivity index is 1.59. The molecular formula is C24H17ClFN5O2S. The SMILES string of the molecule is COc1cc(-c2cccc(F)c2)c(Cl)cc1-c1c(N)nnc2cc(SNc3ccon3)ccc12. The Kier molecular flexibility index (Phi) is 5.95. The maximum Gasteiger partial charge on any atom is 0.179 e. The van der Waals surface area contributed by atoms with Crippen LogP contribution in [0.5, 0.6) is 5.75 Å². The molecule has 0 saturated carbocycles. The zero-order valence-corrected chi connectivity index (χ0v) is 19.3. The Morgan fingerprint density at radius 1 is 1.06 bits per heavy atom. The first-order valence-corrected chi connectivity index (χ1v) is 11.3. The Labute approximate surface area is 203 Å². The number of halogens is 2. The highest BCUT2D eigenvalue weighted by molar-refractivity contribution is 8.00. The molecule has 0 amide bonds. The normalized spacial score (nSPS) is 11.0. The number of methoxy groups -OCH3 is 1. The van der Waals surface area contributed by atoms with Crippen molar-refractivity contribution < 1.29 is 13.7 Å². The van der Waals surface area contributed by atoms with Crippen LogP contribution in [-0.2, 0) is 0 Å². The minimum atomic E-state index is -0.350. The number of anilines is 2. The van der Waals surface area contributed by atoms with Crippen molar-refractivity contribution in [2.75, 3.05) is 17.6 Å². The maximum atomic E-state index is 13.8. The lowest BCUT2D eigenvalue weighted by atomic mass is 9.97. The number of nitrogens with zero attached hydrogens (tertiary/aromatic N) is 3. The molecule has 0 aliphatic carbocycles. The van der Waals surface area contributed by atoms with E-state index in [-0.39, 0.29) is 11.6 Å². The van der Waals surface area contributed by atoms with Gasteiger partial charge in [-0.1, -0.05) is 35.0 Å². The molecule has 0 radical (unpaired) electrons. The van der Waals surface area contributed by atoms with Crippen LogP contribution < -0.4 is 15.2 Å². The smallest absolute Gasteiger partial charge is 0.179 e. The molecule has 0 fully saturated rings. The van der Waals surface area contributed by atoms with Crippen LogP contribution in [0.15, 0.2) is 76.3 Å². The monoisotopic (exact) mass is 493 g/mol. The largest absolute Gasteiger partial charge is 0.496 e. The quantitative estimate of drug-likeness (QED) is 0.260. The Morgan fingerprint density at radius 3 is 2.71 bits per heavy atom. The molecule has 0 spiro atoms. The summed E-state index contributed by atoms with van der Waals surface area (Å²) in [4.78, 5) is 0.895. The summed E-state index contributed by atoms with van der Waals surface area (Å²) < 4.78 is 27.4. The van der Waals surface area contributed by atoms with Gasteiger partial charge in [0.2, 0.25) is 0 Å². The summed E-state index contributed by atoms with van der Waals surface area (Å²) in [6.45, 7) is 0. The van der Waals surface area contributed by atoms with Crippen molar-refractivity contribution in [3.63, 3.8) is 0 Å². The highest BCUT2D eigenvalue weighted by Gasteiger charge is 2.19. The van der Waals surface area contributed by atoms with E-state index in [4.69, 9.17) is 26.6 Å². The molecule has 0 aliphatic heterocycles. The predicted molar refractivity (Wildman–Crippen MR) is 132 cm³/mol. The Morgan fingerprint density at radius 2 is 1.94 bits per heavy atom. The van der Waals surface area contributed by atoms with Crippen LogP contribution in [0.3, 0.4) is 0 Å². The molecule has 3 aromatic carbocycles. The molecule has 10 heteroatoms. The molecule has 3 N–H and O–H groups in total. The van der Waals surface area contributed by atoms with E-state index in [2.05, 4.69) is 20.1 Å². The van der Waals surface area contributed by atoms with Gasteiger partial charge in [0.05, 0.1) is 12.6 Å². The number of rotatable bonds is 6. The van der Waals surface area contributed by atoms with Gasteiger partial charge in [-0.15, -0.1) is 10.2 Å². The van der Waals surface area contributed by atoms with Crippen molar-refractivity contribution in [2.45, 2.75) is 4.90 Å². The van der Waals surface area contributed by atoms with Gasteiger partial charge in [-0.2, -0.15) is 0 Å². The number of nitrogen functional groups attached to an aromatic ring is 1. The van der Waals surface area contributed by atoms with E-state index in [1.54, 1.807) is 37.4 Å². The van der Waals surface area contributed by atoms with Crippen molar-refractivity contribution in [1.29, 1.82) is 0 Å². The van der Waals surface area contributed by atoms with Crippen molar-refractivity contribution in [3.05, 3.63) is 77.8 Å². The lowest BCUT2D eigenvalue weighted by Crippen LogP contribution is -2.00. The van der Waals surface area contributed by atoms with Gasteiger partial charge in [-0.05, 0) is 53.9 Å². The van der Waals surface area contributed by atoms with Gasteiger partial charge < -0.3 is 19.7 Å². The summed E-state index contributed by atoms with van der Waals surface area (Å²) in [7, 11) is 1.55. The van der Waals surface area contributed by atoms with Crippen LogP contribution >= 0.6 is 23.5 Å². The number of nitrogens with one attached hydrogen (secondary N) is 1. The highest BCUT2D eigenvalue weighted by atomic mass is 35.5. The zero-order chi connectivity index (χ0) is 23.7. The molecule has 0 atom stereocenters. The van der Waals surface area contributed by atoms with Crippen molar-refractivity contribution in [3.8, 4) is 28.0 Å². The third kappa shape index (κ3) is 4.23. The summed E-state index contributed by atoms with van der Waals surface area (Å²) in [6.07, 6.45) is 1.49. The van der Waals surface area contributed by atoms with Crippen LogP contribution in [0.1, 0.15) is 0 Å². The Bertz CT molecular complexity index is 1500. The molecule has 5 aromatic rings. The van der Waals surface area contributed by atoms with E-state index in [1.165, 1.54) is 30.3 Å². The second kappa shape index (κ2) is 9.20.